The van der Waals surface area contributed by atoms with E-state index in [2.05, 4.69) is 27.6 Å². The first-order chi connectivity index (χ1) is 8.68. The van der Waals surface area contributed by atoms with Gasteiger partial charge in [0, 0.05) is 17.5 Å². The van der Waals surface area contributed by atoms with Gasteiger partial charge in [0.2, 0.25) is 0 Å². The molecular formula is C13H21N5. The molecule has 2 fully saturated rings. The van der Waals surface area contributed by atoms with Crippen molar-refractivity contribution in [2.45, 2.75) is 56.9 Å². The van der Waals surface area contributed by atoms with Crippen LogP contribution in [0.1, 0.15) is 57.2 Å². The first kappa shape index (κ1) is 11.7. The second-order valence-corrected chi connectivity index (χ2v) is 5.81. The second-order valence-electron chi connectivity index (χ2n) is 5.81. The minimum atomic E-state index is 0.182. The maximum absolute atomic E-state index is 5.48. The summed E-state index contributed by atoms with van der Waals surface area (Å²) in [6.07, 6.45) is 7.41. The van der Waals surface area contributed by atoms with Crippen LogP contribution in [0.25, 0.3) is 0 Å². The van der Waals surface area contributed by atoms with Crippen LogP contribution in [0.5, 0.6) is 0 Å². The van der Waals surface area contributed by atoms with Crippen LogP contribution >= 0.6 is 0 Å². The predicted octanol–water partition coefficient (Wildman–Crippen LogP) is 2.38. The smallest absolute Gasteiger partial charge is 0.145 e. The van der Waals surface area contributed by atoms with E-state index in [-0.39, 0.29) is 5.54 Å². The summed E-state index contributed by atoms with van der Waals surface area (Å²) in [6.45, 7) is 2.27. The number of anilines is 2. The molecule has 0 saturated heterocycles. The largest absolute Gasteiger partial charge is 0.365 e. The molecule has 5 nitrogen and oxygen atoms in total. The molecule has 0 bridgehead atoms. The molecule has 5 heteroatoms. The van der Waals surface area contributed by atoms with Crippen molar-refractivity contribution in [1.82, 2.24) is 9.97 Å². The van der Waals surface area contributed by atoms with Gasteiger partial charge in [0.1, 0.15) is 17.5 Å². The van der Waals surface area contributed by atoms with E-state index in [1.807, 2.05) is 6.07 Å². The monoisotopic (exact) mass is 247 g/mol. The highest BCUT2D eigenvalue weighted by molar-refractivity contribution is 5.49. The zero-order valence-corrected chi connectivity index (χ0v) is 10.9. The zero-order chi connectivity index (χ0) is 12.6. The molecule has 18 heavy (non-hydrogen) atoms. The van der Waals surface area contributed by atoms with Gasteiger partial charge in [0.05, 0.1) is 0 Å². The van der Waals surface area contributed by atoms with E-state index in [0.29, 0.717) is 11.7 Å². The Labute approximate surface area is 108 Å². The molecule has 3 rings (SSSR count). The molecule has 2 saturated carbocycles. The number of nitrogen functional groups attached to an aromatic ring is 1. The van der Waals surface area contributed by atoms with Gasteiger partial charge in [-0.25, -0.2) is 15.8 Å². The van der Waals surface area contributed by atoms with E-state index in [4.69, 9.17) is 5.84 Å². The predicted molar refractivity (Wildman–Crippen MR) is 72.3 cm³/mol. The molecule has 0 atom stereocenters. The molecule has 0 aromatic carbocycles. The Morgan fingerprint density at radius 3 is 2.50 bits per heavy atom. The Morgan fingerprint density at radius 1 is 1.22 bits per heavy atom. The van der Waals surface area contributed by atoms with Crippen LogP contribution in [0.4, 0.5) is 11.6 Å². The Hall–Kier alpha value is -1.36. The van der Waals surface area contributed by atoms with Crippen LogP contribution in [-0.2, 0) is 0 Å². The third-order valence-electron chi connectivity index (χ3n) is 3.97. The minimum Gasteiger partial charge on any atom is -0.365 e. The third kappa shape index (κ3) is 2.41. The van der Waals surface area contributed by atoms with Crippen LogP contribution in [0.15, 0.2) is 6.07 Å². The van der Waals surface area contributed by atoms with Gasteiger partial charge in [-0.2, -0.15) is 0 Å². The molecular weight excluding hydrogens is 226 g/mol. The highest BCUT2D eigenvalue weighted by atomic mass is 15.3. The molecule has 2 aliphatic carbocycles. The molecule has 0 spiro atoms. The average molecular weight is 247 g/mol. The summed E-state index contributed by atoms with van der Waals surface area (Å²) in [5.74, 6) is 8.56. The Balaban J connectivity index is 1.83. The van der Waals surface area contributed by atoms with E-state index in [9.17, 15) is 0 Å². The van der Waals surface area contributed by atoms with Crippen LogP contribution < -0.4 is 16.6 Å². The fourth-order valence-corrected chi connectivity index (χ4v) is 2.72. The SMILES string of the molecule is CC1(Nc2cc(NN)nc(C3CC3)n2)CCCC1. The molecule has 0 unspecified atom stereocenters. The van der Waals surface area contributed by atoms with Crippen LogP contribution in [0.2, 0.25) is 0 Å². The van der Waals surface area contributed by atoms with Crippen molar-refractivity contribution in [2.24, 2.45) is 5.84 Å². The number of hydrazine groups is 1. The normalized spacial score (nSPS) is 21.9. The number of hydrogen-bond donors (Lipinski definition) is 3. The Bertz CT molecular complexity index is 435. The molecule has 2 aliphatic rings. The van der Waals surface area contributed by atoms with Crippen LogP contribution in [0, 0.1) is 0 Å². The van der Waals surface area contributed by atoms with E-state index in [1.54, 1.807) is 0 Å². The molecule has 0 radical (unpaired) electrons. The quantitative estimate of drug-likeness (QED) is 0.562. The van der Waals surface area contributed by atoms with Crippen molar-refractivity contribution in [3.05, 3.63) is 11.9 Å². The summed E-state index contributed by atoms with van der Waals surface area (Å²) in [4.78, 5) is 9.06. The van der Waals surface area contributed by atoms with E-state index < -0.39 is 0 Å². The molecule has 4 N–H and O–H groups in total. The van der Waals surface area contributed by atoms with Crippen molar-refractivity contribution >= 4 is 11.6 Å². The van der Waals surface area contributed by atoms with Gasteiger partial charge in [-0.15, -0.1) is 0 Å². The topological polar surface area (TPSA) is 75.9 Å². The summed E-state index contributed by atoms with van der Waals surface area (Å²) < 4.78 is 0. The molecule has 98 valence electrons. The maximum atomic E-state index is 5.48. The fourth-order valence-electron chi connectivity index (χ4n) is 2.72. The standard InChI is InChI=1S/C13H21N5/c1-13(6-2-3-7-13)17-10-8-11(18-14)16-12(15-10)9-4-5-9/h8-9H,2-7,14H2,1H3,(H2,15,16,17,18). The van der Waals surface area contributed by atoms with Crippen LogP contribution in [0.3, 0.4) is 0 Å². The van der Waals surface area contributed by atoms with Crippen molar-refractivity contribution < 1.29 is 0 Å². The molecule has 1 aromatic heterocycles. The maximum Gasteiger partial charge on any atom is 0.145 e. The summed E-state index contributed by atoms with van der Waals surface area (Å²) in [5.41, 5.74) is 2.82. The van der Waals surface area contributed by atoms with E-state index in [1.165, 1.54) is 38.5 Å². The van der Waals surface area contributed by atoms with Gasteiger partial charge in [0.25, 0.3) is 0 Å². The van der Waals surface area contributed by atoms with Gasteiger partial charge in [-0.1, -0.05) is 12.8 Å². The number of hydrogen-bond acceptors (Lipinski definition) is 5. The number of rotatable bonds is 4. The van der Waals surface area contributed by atoms with Crippen molar-refractivity contribution in [3.63, 3.8) is 0 Å². The first-order valence-corrected chi connectivity index (χ1v) is 6.82. The third-order valence-corrected chi connectivity index (χ3v) is 3.97. The summed E-state index contributed by atoms with van der Waals surface area (Å²) >= 11 is 0. The second kappa shape index (κ2) is 4.39. The van der Waals surface area contributed by atoms with E-state index in [0.717, 1.165) is 11.6 Å². The average Bonchev–Trinajstić information content (AvgIpc) is 3.13. The number of nitrogens with two attached hydrogens (primary N) is 1. The number of nitrogens with zero attached hydrogens (tertiary/aromatic N) is 2. The van der Waals surface area contributed by atoms with Gasteiger partial charge >= 0.3 is 0 Å². The molecule has 0 amide bonds. The molecule has 1 heterocycles. The van der Waals surface area contributed by atoms with Crippen molar-refractivity contribution in [1.29, 1.82) is 0 Å². The highest BCUT2D eigenvalue weighted by Crippen LogP contribution is 2.39. The summed E-state index contributed by atoms with van der Waals surface area (Å²) in [5, 5.41) is 3.57. The lowest BCUT2D eigenvalue weighted by Crippen LogP contribution is -2.31. The molecule has 1 aromatic rings. The Morgan fingerprint density at radius 2 is 1.89 bits per heavy atom. The summed E-state index contributed by atoms with van der Waals surface area (Å²) in [7, 11) is 0. The summed E-state index contributed by atoms with van der Waals surface area (Å²) in [6, 6.07) is 1.90. The van der Waals surface area contributed by atoms with Gasteiger partial charge in [-0.05, 0) is 32.6 Å². The van der Waals surface area contributed by atoms with Crippen molar-refractivity contribution in [3.8, 4) is 0 Å². The zero-order valence-electron chi connectivity index (χ0n) is 10.9. The number of nitrogens with one attached hydrogen (secondary N) is 2. The number of aromatic nitrogens is 2. The van der Waals surface area contributed by atoms with Gasteiger partial charge in [-0.3, -0.25) is 0 Å². The Kier molecular flexibility index (Phi) is 2.86. The van der Waals surface area contributed by atoms with Gasteiger partial charge < -0.3 is 10.7 Å². The lowest BCUT2D eigenvalue weighted by Gasteiger charge is -2.26. The lowest BCUT2D eigenvalue weighted by atomic mass is 10.0. The van der Waals surface area contributed by atoms with Crippen molar-refractivity contribution in [2.75, 3.05) is 10.7 Å². The first-order valence-electron chi connectivity index (χ1n) is 6.82. The minimum absolute atomic E-state index is 0.182. The van der Waals surface area contributed by atoms with Gasteiger partial charge in [0.15, 0.2) is 0 Å². The lowest BCUT2D eigenvalue weighted by molar-refractivity contribution is 0.530. The van der Waals surface area contributed by atoms with Crippen LogP contribution in [-0.4, -0.2) is 15.5 Å². The van der Waals surface area contributed by atoms with E-state index >= 15 is 0 Å². The molecule has 0 aliphatic heterocycles. The fraction of sp³-hybridized carbons (Fsp3) is 0.692. The highest BCUT2D eigenvalue weighted by Gasteiger charge is 2.31.